The van der Waals surface area contributed by atoms with Crippen LogP contribution in [-0.2, 0) is 6.42 Å². The van der Waals surface area contributed by atoms with Crippen molar-refractivity contribution in [1.29, 1.82) is 0 Å². The molecule has 1 aromatic carbocycles. The van der Waals surface area contributed by atoms with E-state index < -0.39 is 0 Å². The summed E-state index contributed by atoms with van der Waals surface area (Å²) in [5.41, 5.74) is 1.61. The second-order valence-electron chi connectivity index (χ2n) is 4.76. The number of imidazole rings is 1. The first-order valence-corrected chi connectivity index (χ1v) is 7.95. The van der Waals surface area contributed by atoms with Gasteiger partial charge in [-0.2, -0.15) is 11.8 Å². The van der Waals surface area contributed by atoms with E-state index in [4.69, 9.17) is 0 Å². The third kappa shape index (κ3) is 4.21. The Balaban J connectivity index is 1.81. The van der Waals surface area contributed by atoms with Gasteiger partial charge in [-0.05, 0) is 44.3 Å². The molecule has 0 spiro atoms. The first-order chi connectivity index (χ1) is 9.19. The fourth-order valence-electron chi connectivity index (χ4n) is 2.07. The molecule has 0 unspecified atom stereocenters. The van der Waals surface area contributed by atoms with Crippen molar-refractivity contribution in [1.82, 2.24) is 15.3 Å². The third-order valence-corrected chi connectivity index (χ3v) is 3.83. The third-order valence-electron chi connectivity index (χ3n) is 2.99. The number of aromatic nitrogens is 2. The summed E-state index contributed by atoms with van der Waals surface area (Å²) >= 11 is 1.85. The molecule has 19 heavy (non-hydrogen) atoms. The quantitative estimate of drug-likeness (QED) is 0.767. The summed E-state index contributed by atoms with van der Waals surface area (Å²) in [5, 5.41) is 3.47. The van der Waals surface area contributed by atoms with Crippen molar-refractivity contribution < 1.29 is 4.39 Å². The smallest absolute Gasteiger partial charge is 0.125 e. The lowest BCUT2D eigenvalue weighted by Crippen LogP contribution is -2.29. The van der Waals surface area contributed by atoms with E-state index in [2.05, 4.69) is 28.5 Å². The van der Waals surface area contributed by atoms with Crippen LogP contribution in [0.5, 0.6) is 0 Å². The summed E-state index contributed by atoms with van der Waals surface area (Å²) in [6, 6.07) is 5.19. The van der Waals surface area contributed by atoms with E-state index in [1.807, 2.05) is 11.8 Å². The highest BCUT2D eigenvalue weighted by Gasteiger charge is 2.04. The van der Waals surface area contributed by atoms with Crippen molar-refractivity contribution >= 4 is 22.8 Å². The van der Waals surface area contributed by atoms with E-state index in [0.29, 0.717) is 6.04 Å². The van der Waals surface area contributed by atoms with Crippen molar-refractivity contribution in [3.05, 3.63) is 29.8 Å². The van der Waals surface area contributed by atoms with Crippen LogP contribution in [0.25, 0.3) is 11.0 Å². The molecule has 0 bridgehead atoms. The molecule has 1 aromatic heterocycles. The maximum Gasteiger partial charge on any atom is 0.125 e. The van der Waals surface area contributed by atoms with Crippen LogP contribution in [0.4, 0.5) is 4.39 Å². The van der Waals surface area contributed by atoms with E-state index >= 15 is 0 Å². The number of thioether (sulfide) groups is 1. The number of hydrogen-bond donors (Lipinski definition) is 2. The monoisotopic (exact) mass is 281 g/mol. The molecule has 0 radical (unpaired) electrons. The Hall–Kier alpha value is -1.07. The molecule has 0 aliphatic carbocycles. The summed E-state index contributed by atoms with van der Waals surface area (Å²) in [7, 11) is 0. The van der Waals surface area contributed by atoms with Crippen LogP contribution in [0.3, 0.4) is 0 Å². The fourth-order valence-corrected chi connectivity index (χ4v) is 2.68. The van der Waals surface area contributed by atoms with Gasteiger partial charge in [0.2, 0.25) is 0 Å². The summed E-state index contributed by atoms with van der Waals surface area (Å²) in [4.78, 5) is 7.62. The molecule has 0 saturated heterocycles. The standard InChI is InChI=1S/C14H20FN3S/c1-10(9-19-2)16-7-3-4-14-17-12-6-5-11(15)8-13(12)18-14/h5-6,8,10,16H,3-4,7,9H2,1-2H3,(H,17,18)/t10-/m1/s1. The van der Waals surface area contributed by atoms with Gasteiger partial charge in [0.15, 0.2) is 0 Å². The van der Waals surface area contributed by atoms with Crippen LogP contribution in [0, 0.1) is 5.82 Å². The van der Waals surface area contributed by atoms with Gasteiger partial charge >= 0.3 is 0 Å². The van der Waals surface area contributed by atoms with E-state index in [9.17, 15) is 4.39 Å². The molecule has 0 amide bonds. The van der Waals surface area contributed by atoms with Crippen molar-refractivity contribution in [3.63, 3.8) is 0 Å². The zero-order valence-electron chi connectivity index (χ0n) is 11.4. The number of rotatable bonds is 7. The van der Waals surface area contributed by atoms with Crippen molar-refractivity contribution in [2.24, 2.45) is 0 Å². The Bertz CT molecular complexity index is 526. The SMILES string of the molecule is CSC[C@@H](C)NCCCc1nc2ccc(F)cc2[nH]1. The van der Waals surface area contributed by atoms with Crippen molar-refractivity contribution in [2.75, 3.05) is 18.6 Å². The maximum atomic E-state index is 13.1. The van der Waals surface area contributed by atoms with Crippen molar-refractivity contribution in [3.8, 4) is 0 Å². The molecule has 2 aromatic rings. The minimum absolute atomic E-state index is 0.227. The van der Waals surface area contributed by atoms with Crippen molar-refractivity contribution in [2.45, 2.75) is 25.8 Å². The molecule has 1 heterocycles. The van der Waals surface area contributed by atoms with E-state index in [1.54, 1.807) is 6.07 Å². The first kappa shape index (κ1) is 14.3. The number of nitrogens with one attached hydrogen (secondary N) is 2. The van der Waals surface area contributed by atoms with Gasteiger partial charge in [-0.3, -0.25) is 0 Å². The zero-order valence-corrected chi connectivity index (χ0v) is 12.2. The lowest BCUT2D eigenvalue weighted by Gasteiger charge is -2.11. The van der Waals surface area contributed by atoms with E-state index in [0.717, 1.165) is 42.0 Å². The van der Waals surface area contributed by atoms with Gasteiger partial charge in [-0.1, -0.05) is 0 Å². The lowest BCUT2D eigenvalue weighted by molar-refractivity contribution is 0.573. The number of aromatic amines is 1. The molecular weight excluding hydrogens is 261 g/mol. The van der Waals surface area contributed by atoms with Crippen LogP contribution in [0.2, 0.25) is 0 Å². The Labute approximate surface area is 117 Å². The maximum absolute atomic E-state index is 13.1. The van der Waals surface area contributed by atoms with Crippen LogP contribution >= 0.6 is 11.8 Å². The number of H-pyrrole nitrogens is 1. The first-order valence-electron chi connectivity index (χ1n) is 6.55. The molecule has 1 atom stereocenters. The molecule has 3 nitrogen and oxygen atoms in total. The molecule has 0 aliphatic heterocycles. The van der Waals surface area contributed by atoms with Gasteiger partial charge < -0.3 is 10.3 Å². The second kappa shape index (κ2) is 6.91. The number of fused-ring (bicyclic) bond motifs is 1. The van der Waals surface area contributed by atoms with Gasteiger partial charge in [0.25, 0.3) is 0 Å². The van der Waals surface area contributed by atoms with Gasteiger partial charge in [0.05, 0.1) is 11.0 Å². The highest BCUT2D eigenvalue weighted by atomic mass is 32.2. The zero-order chi connectivity index (χ0) is 13.7. The molecule has 0 saturated carbocycles. The topological polar surface area (TPSA) is 40.7 Å². The minimum atomic E-state index is -0.227. The van der Waals surface area contributed by atoms with E-state index in [-0.39, 0.29) is 5.82 Å². The van der Waals surface area contributed by atoms with Gasteiger partial charge in [-0.15, -0.1) is 0 Å². The molecule has 0 aliphatic rings. The van der Waals surface area contributed by atoms with Gasteiger partial charge in [0, 0.05) is 18.2 Å². The summed E-state index contributed by atoms with van der Waals surface area (Å²) in [6.07, 6.45) is 4.03. The van der Waals surface area contributed by atoms with Gasteiger partial charge in [0.1, 0.15) is 11.6 Å². The van der Waals surface area contributed by atoms with Gasteiger partial charge in [-0.25, -0.2) is 9.37 Å². The van der Waals surface area contributed by atoms with Crippen LogP contribution in [0.15, 0.2) is 18.2 Å². The largest absolute Gasteiger partial charge is 0.342 e. The normalized spacial score (nSPS) is 13.0. The Kier molecular flexibility index (Phi) is 5.22. The molecule has 5 heteroatoms. The Morgan fingerprint density at radius 1 is 1.47 bits per heavy atom. The summed E-state index contributed by atoms with van der Waals surface area (Å²) < 4.78 is 13.1. The van der Waals surface area contributed by atoms with Crippen LogP contribution in [-0.4, -0.2) is 34.6 Å². The lowest BCUT2D eigenvalue weighted by atomic mass is 10.3. The van der Waals surface area contributed by atoms with Crippen LogP contribution in [0.1, 0.15) is 19.2 Å². The van der Waals surface area contributed by atoms with E-state index in [1.165, 1.54) is 12.1 Å². The predicted octanol–water partition coefficient (Wildman–Crippen LogP) is 2.98. The molecule has 2 rings (SSSR count). The molecular formula is C14H20FN3S. The number of aryl methyl sites for hydroxylation is 1. The number of hydrogen-bond acceptors (Lipinski definition) is 3. The average Bonchev–Trinajstić information content (AvgIpc) is 2.77. The minimum Gasteiger partial charge on any atom is -0.342 e. The Morgan fingerprint density at radius 3 is 3.11 bits per heavy atom. The molecule has 2 N–H and O–H groups in total. The number of benzene rings is 1. The average molecular weight is 281 g/mol. The Morgan fingerprint density at radius 2 is 2.32 bits per heavy atom. The molecule has 104 valence electrons. The highest BCUT2D eigenvalue weighted by molar-refractivity contribution is 7.98. The highest BCUT2D eigenvalue weighted by Crippen LogP contribution is 2.13. The molecule has 0 fully saturated rings. The summed E-state index contributed by atoms with van der Waals surface area (Å²) in [6.45, 7) is 3.17. The fraction of sp³-hybridized carbons (Fsp3) is 0.500. The predicted molar refractivity (Wildman–Crippen MR) is 80.2 cm³/mol. The number of halogens is 1. The second-order valence-corrected chi connectivity index (χ2v) is 5.67. The van der Waals surface area contributed by atoms with Crippen LogP contribution < -0.4 is 5.32 Å². The summed E-state index contributed by atoms with van der Waals surface area (Å²) in [5.74, 6) is 1.83. The number of nitrogens with zero attached hydrogens (tertiary/aromatic N) is 1.